The fraction of sp³-hybridized carbons (Fsp3) is 0.500. The van der Waals surface area contributed by atoms with E-state index in [1.165, 1.54) is 0 Å². The van der Waals surface area contributed by atoms with Crippen LogP contribution in [0.25, 0.3) is 0 Å². The summed E-state index contributed by atoms with van der Waals surface area (Å²) in [7, 11) is 0. The summed E-state index contributed by atoms with van der Waals surface area (Å²) in [5.41, 5.74) is -0.127. The minimum atomic E-state index is -0.523. The SMILES string of the molecule is CCC1(C(=O)Nc2c(Cl)cc(F)cc2Cl)CCNCC1. The van der Waals surface area contributed by atoms with Crippen LogP contribution in [0.15, 0.2) is 12.1 Å². The topological polar surface area (TPSA) is 41.1 Å². The highest BCUT2D eigenvalue weighted by molar-refractivity contribution is 6.39. The van der Waals surface area contributed by atoms with Crippen LogP contribution in [0.3, 0.4) is 0 Å². The molecule has 2 rings (SSSR count). The van der Waals surface area contributed by atoms with Crippen LogP contribution >= 0.6 is 23.2 Å². The summed E-state index contributed by atoms with van der Waals surface area (Å²) in [5.74, 6) is -0.623. The number of anilines is 1. The van der Waals surface area contributed by atoms with Gasteiger partial charge in [-0.2, -0.15) is 0 Å². The average Bonchev–Trinajstić information content (AvgIpc) is 2.43. The number of hydrogen-bond donors (Lipinski definition) is 2. The van der Waals surface area contributed by atoms with Crippen molar-refractivity contribution in [2.75, 3.05) is 18.4 Å². The predicted octanol–water partition coefficient (Wildman–Crippen LogP) is 3.85. The Kier molecular flexibility index (Phi) is 4.89. The molecule has 1 amide bonds. The molecule has 0 atom stereocenters. The van der Waals surface area contributed by atoms with Gasteiger partial charge in [0.15, 0.2) is 0 Å². The van der Waals surface area contributed by atoms with Gasteiger partial charge in [0.1, 0.15) is 5.82 Å². The first-order valence-corrected chi connectivity index (χ1v) is 7.41. The molecule has 0 aliphatic carbocycles. The minimum Gasteiger partial charge on any atom is -0.323 e. The van der Waals surface area contributed by atoms with Gasteiger partial charge in [-0.25, -0.2) is 4.39 Å². The molecule has 110 valence electrons. The Balaban J connectivity index is 2.23. The third kappa shape index (κ3) is 3.08. The van der Waals surface area contributed by atoms with Crippen LogP contribution in [-0.2, 0) is 4.79 Å². The standard InChI is InChI=1S/C14H17Cl2FN2O/c1-2-14(3-5-18-6-4-14)13(20)19-12-10(15)7-9(17)8-11(12)16/h7-8,18H,2-6H2,1H3,(H,19,20). The molecule has 1 aromatic rings. The molecule has 0 bridgehead atoms. The van der Waals surface area contributed by atoms with E-state index in [0.717, 1.165) is 44.5 Å². The van der Waals surface area contributed by atoms with Gasteiger partial charge in [0.25, 0.3) is 0 Å². The zero-order valence-electron chi connectivity index (χ0n) is 11.2. The van der Waals surface area contributed by atoms with Crippen LogP contribution in [0.5, 0.6) is 0 Å². The Labute approximate surface area is 127 Å². The van der Waals surface area contributed by atoms with Gasteiger partial charge in [0, 0.05) is 0 Å². The number of hydrogen-bond acceptors (Lipinski definition) is 2. The Morgan fingerprint density at radius 3 is 2.40 bits per heavy atom. The predicted molar refractivity (Wildman–Crippen MR) is 79.9 cm³/mol. The number of rotatable bonds is 3. The summed E-state index contributed by atoms with van der Waals surface area (Å²) >= 11 is 11.9. The zero-order chi connectivity index (χ0) is 14.8. The molecular weight excluding hydrogens is 302 g/mol. The van der Waals surface area contributed by atoms with E-state index in [9.17, 15) is 9.18 Å². The molecule has 0 aromatic heterocycles. The molecule has 0 saturated carbocycles. The largest absolute Gasteiger partial charge is 0.323 e. The second-order valence-corrected chi connectivity index (χ2v) is 5.90. The second kappa shape index (κ2) is 6.29. The van der Waals surface area contributed by atoms with Crippen molar-refractivity contribution in [2.24, 2.45) is 5.41 Å². The number of carbonyl (C=O) groups excluding carboxylic acids is 1. The molecule has 0 unspecified atom stereocenters. The Morgan fingerprint density at radius 2 is 1.90 bits per heavy atom. The van der Waals surface area contributed by atoms with Crippen LogP contribution in [-0.4, -0.2) is 19.0 Å². The lowest BCUT2D eigenvalue weighted by Gasteiger charge is -2.35. The quantitative estimate of drug-likeness (QED) is 0.888. The number of nitrogens with one attached hydrogen (secondary N) is 2. The van der Waals surface area contributed by atoms with Gasteiger partial charge in [-0.3, -0.25) is 4.79 Å². The smallest absolute Gasteiger partial charge is 0.230 e. The lowest BCUT2D eigenvalue weighted by atomic mass is 9.76. The second-order valence-electron chi connectivity index (χ2n) is 5.08. The fourth-order valence-electron chi connectivity index (χ4n) is 2.55. The van der Waals surface area contributed by atoms with E-state index in [1.54, 1.807) is 0 Å². The molecule has 1 aromatic carbocycles. The molecule has 20 heavy (non-hydrogen) atoms. The maximum Gasteiger partial charge on any atom is 0.230 e. The van der Waals surface area contributed by atoms with Crippen molar-refractivity contribution < 1.29 is 9.18 Å². The van der Waals surface area contributed by atoms with Gasteiger partial charge in [0.05, 0.1) is 21.1 Å². The van der Waals surface area contributed by atoms with Gasteiger partial charge in [-0.1, -0.05) is 30.1 Å². The number of piperidine rings is 1. The van der Waals surface area contributed by atoms with Gasteiger partial charge >= 0.3 is 0 Å². The van der Waals surface area contributed by atoms with Gasteiger partial charge in [-0.15, -0.1) is 0 Å². The normalized spacial score (nSPS) is 17.8. The summed E-state index contributed by atoms with van der Waals surface area (Å²) in [5, 5.41) is 6.24. The van der Waals surface area contributed by atoms with Crippen LogP contribution in [0, 0.1) is 11.2 Å². The van der Waals surface area contributed by atoms with Crippen LogP contribution in [0.2, 0.25) is 10.0 Å². The molecular formula is C14H17Cl2FN2O. The summed E-state index contributed by atoms with van der Waals surface area (Å²) in [6, 6.07) is 2.29. The molecule has 1 heterocycles. The summed E-state index contributed by atoms with van der Waals surface area (Å²) in [4.78, 5) is 12.6. The summed E-state index contributed by atoms with van der Waals surface area (Å²) < 4.78 is 13.2. The first kappa shape index (κ1) is 15.5. The van der Waals surface area contributed by atoms with Crippen molar-refractivity contribution in [1.29, 1.82) is 0 Å². The lowest BCUT2D eigenvalue weighted by molar-refractivity contribution is -0.127. The first-order valence-electron chi connectivity index (χ1n) is 6.65. The van der Waals surface area contributed by atoms with Crippen molar-refractivity contribution >= 4 is 34.8 Å². The Hall–Kier alpha value is -0.840. The monoisotopic (exact) mass is 318 g/mol. The summed E-state index contributed by atoms with van der Waals surface area (Å²) in [6.07, 6.45) is 2.29. The lowest BCUT2D eigenvalue weighted by Crippen LogP contribution is -2.44. The van der Waals surface area contributed by atoms with Gasteiger partial charge < -0.3 is 10.6 Å². The number of halogens is 3. The van der Waals surface area contributed by atoms with Gasteiger partial charge in [-0.05, 0) is 44.5 Å². The highest BCUT2D eigenvalue weighted by atomic mass is 35.5. The maximum atomic E-state index is 13.2. The molecule has 0 spiro atoms. The molecule has 6 heteroatoms. The van der Waals surface area contributed by atoms with E-state index < -0.39 is 11.2 Å². The molecule has 0 radical (unpaired) electrons. The minimum absolute atomic E-state index is 0.100. The maximum absolute atomic E-state index is 13.2. The Morgan fingerprint density at radius 1 is 1.35 bits per heavy atom. The van der Waals surface area contributed by atoms with E-state index in [2.05, 4.69) is 10.6 Å². The van der Waals surface area contributed by atoms with Crippen molar-refractivity contribution in [1.82, 2.24) is 5.32 Å². The van der Waals surface area contributed by atoms with Crippen molar-refractivity contribution in [3.63, 3.8) is 0 Å². The van der Waals surface area contributed by atoms with E-state index in [-0.39, 0.29) is 21.6 Å². The molecule has 1 saturated heterocycles. The highest BCUT2D eigenvalue weighted by Crippen LogP contribution is 2.37. The fourth-order valence-corrected chi connectivity index (χ4v) is 3.11. The average molecular weight is 319 g/mol. The van der Waals surface area contributed by atoms with E-state index in [4.69, 9.17) is 23.2 Å². The van der Waals surface area contributed by atoms with E-state index in [0.29, 0.717) is 0 Å². The highest BCUT2D eigenvalue weighted by Gasteiger charge is 2.38. The number of amides is 1. The first-order chi connectivity index (χ1) is 9.48. The van der Waals surface area contributed by atoms with Crippen molar-refractivity contribution in [3.05, 3.63) is 28.0 Å². The zero-order valence-corrected chi connectivity index (χ0v) is 12.7. The van der Waals surface area contributed by atoms with Gasteiger partial charge in [0.2, 0.25) is 5.91 Å². The summed E-state index contributed by atoms with van der Waals surface area (Å²) in [6.45, 7) is 3.62. The molecule has 3 nitrogen and oxygen atoms in total. The van der Waals surface area contributed by atoms with Crippen molar-refractivity contribution in [2.45, 2.75) is 26.2 Å². The van der Waals surface area contributed by atoms with Crippen molar-refractivity contribution in [3.8, 4) is 0 Å². The molecule has 1 aliphatic rings. The third-order valence-electron chi connectivity index (χ3n) is 3.96. The number of carbonyl (C=O) groups is 1. The molecule has 1 fully saturated rings. The number of benzene rings is 1. The van der Waals surface area contributed by atoms with Crippen LogP contribution in [0.4, 0.5) is 10.1 Å². The third-order valence-corrected chi connectivity index (χ3v) is 4.56. The van der Waals surface area contributed by atoms with E-state index in [1.807, 2.05) is 6.92 Å². The molecule has 1 aliphatic heterocycles. The van der Waals surface area contributed by atoms with E-state index >= 15 is 0 Å². The Bertz CT molecular complexity index is 493. The van der Waals surface area contributed by atoms with Crippen LogP contribution < -0.4 is 10.6 Å². The molecule has 2 N–H and O–H groups in total. The van der Waals surface area contributed by atoms with Crippen LogP contribution in [0.1, 0.15) is 26.2 Å².